The zero-order valence-corrected chi connectivity index (χ0v) is 15.1. The van der Waals surface area contributed by atoms with Gasteiger partial charge in [-0.3, -0.25) is 0 Å². The smallest absolute Gasteiger partial charge is 0.163 e. The quantitative estimate of drug-likeness (QED) is 0.714. The molecule has 0 aliphatic carbocycles. The summed E-state index contributed by atoms with van der Waals surface area (Å²) in [7, 11) is 0. The Bertz CT molecular complexity index is 933. The molecule has 2 heterocycles. The van der Waals surface area contributed by atoms with E-state index < -0.39 is 0 Å². The maximum atomic E-state index is 6.40. The Kier molecular flexibility index (Phi) is 4.65. The van der Waals surface area contributed by atoms with Crippen molar-refractivity contribution in [3.8, 4) is 11.5 Å². The van der Waals surface area contributed by atoms with E-state index in [0.29, 0.717) is 36.3 Å². The molecule has 0 fully saturated rings. The number of fused-ring (bicyclic) bond motifs is 1. The van der Waals surface area contributed by atoms with Crippen LogP contribution in [0.5, 0.6) is 11.5 Å². The number of aromatic nitrogens is 2. The third-order valence-electron chi connectivity index (χ3n) is 4.31. The van der Waals surface area contributed by atoms with E-state index in [9.17, 15) is 0 Å². The predicted octanol–water partition coefficient (Wildman–Crippen LogP) is 3.73. The summed E-state index contributed by atoms with van der Waals surface area (Å²) in [5, 5.41) is 3.25. The minimum absolute atomic E-state index is 0.484. The van der Waals surface area contributed by atoms with Crippen molar-refractivity contribution in [2.75, 3.05) is 35.7 Å². The molecule has 27 heavy (non-hydrogen) atoms. The topological polar surface area (TPSA) is 85.5 Å². The molecule has 1 aromatic heterocycles. The van der Waals surface area contributed by atoms with Crippen LogP contribution in [0.3, 0.4) is 0 Å². The van der Waals surface area contributed by atoms with E-state index in [1.54, 1.807) is 0 Å². The van der Waals surface area contributed by atoms with Gasteiger partial charge in [0.2, 0.25) is 0 Å². The molecule has 0 atom stereocenters. The van der Waals surface area contributed by atoms with Crippen molar-refractivity contribution < 1.29 is 9.47 Å². The van der Waals surface area contributed by atoms with E-state index in [4.69, 9.17) is 15.2 Å². The third-order valence-corrected chi connectivity index (χ3v) is 4.31. The summed E-state index contributed by atoms with van der Waals surface area (Å²) in [6.07, 6.45) is 1.51. The van der Waals surface area contributed by atoms with Crippen molar-refractivity contribution >= 4 is 28.7 Å². The lowest BCUT2D eigenvalue weighted by atomic mass is 10.2. The molecular weight excluding hydrogens is 342 g/mol. The molecule has 4 rings (SSSR count). The highest BCUT2D eigenvalue weighted by Crippen LogP contribution is 2.36. The Morgan fingerprint density at radius 3 is 2.59 bits per heavy atom. The van der Waals surface area contributed by atoms with Crippen molar-refractivity contribution in [2.45, 2.75) is 6.92 Å². The zero-order chi connectivity index (χ0) is 18.6. The van der Waals surface area contributed by atoms with Crippen LogP contribution in [0, 0.1) is 0 Å². The number of rotatable bonds is 5. The number of nitrogens with one attached hydrogen (secondary N) is 1. The first-order chi connectivity index (χ1) is 13.3. The predicted molar refractivity (Wildman–Crippen MR) is 106 cm³/mol. The van der Waals surface area contributed by atoms with Crippen LogP contribution in [0.1, 0.15) is 6.92 Å². The van der Waals surface area contributed by atoms with Gasteiger partial charge in [-0.1, -0.05) is 18.2 Å². The first-order valence-corrected chi connectivity index (χ1v) is 8.86. The second kappa shape index (κ2) is 7.41. The van der Waals surface area contributed by atoms with Gasteiger partial charge in [0.15, 0.2) is 23.1 Å². The first kappa shape index (κ1) is 17.0. The monoisotopic (exact) mass is 363 g/mol. The molecule has 7 heteroatoms. The standard InChI is InChI=1S/C20H21N5O2/c1-2-25(15-6-4-3-5-7-15)20-18(21)19(22-13-23-20)24-14-8-9-16-17(12-14)27-11-10-26-16/h3-9,12-13H,2,10-11,21H2,1H3,(H,22,23,24). The van der Waals surface area contributed by atoms with Crippen LogP contribution < -0.4 is 25.4 Å². The summed E-state index contributed by atoms with van der Waals surface area (Å²) in [4.78, 5) is 10.8. The van der Waals surface area contributed by atoms with E-state index >= 15 is 0 Å². The highest BCUT2D eigenvalue weighted by molar-refractivity contribution is 5.81. The first-order valence-electron chi connectivity index (χ1n) is 8.86. The molecule has 1 aliphatic heterocycles. The number of nitrogens with zero attached hydrogens (tertiary/aromatic N) is 3. The van der Waals surface area contributed by atoms with Gasteiger partial charge in [0.25, 0.3) is 0 Å². The SMILES string of the molecule is CCN(c1ccccc1)c1ncnc(Nc2ccc3c(c2)OCCO3)c1N. The third kappa shape index (κ3) is 3.44. The number of anilines is 5. The molecule has 3 N–H and O–H groups in total. The number of para-hydroxylation sites is 1. The summed E-state index contributed by atoms with van der Waals surface area (Å²) in [6, 6.07) is 15.7. The summed E-state index contributed by atoms with van der Waals surface area (Å²) in [5.74, 6) is 2.66. The summed E-state index contributed by atoms with van der Waals surface area (Å²) >= 11 is 0. The number of nitrogens with two attached hydrogens (primary N) is 1. The molecule has 0 saturated heterocycles. The van der Waals surface area contributed by atoms with Gasteiger partial charge in [-0.2, -0.15) is 0 Å². The summed E-state index contributed by atoms with van der Waals surface area (Å²) in [5.41, 5.74) is 8.72. The Hall–Kier alpha value is -3.48. The maximum absolute atomic E-state index is 6.40. The molecule has 3 aromatic rings. The van der Waals surface area contributed by atoms with Gasteiger partial charge in [0.1, 0.15) is 25.2 Å². The number of benzene rings is 2. The lowest BCUT2D eigenvalue weighted by molar-refractivity contribution is 0.171. The Labute approximate surface area is 157 Å². The molecule has 0 amide bonds. The van der Waals surface area contributed by atoms with Gasteiger partial charge in [-0.05, 0) is 31.2 Å². The molecule has 0 bridgehead atoms. The summed E-state index contributed by atoms with van der Waals surface area (Å²) < 4.78 is 11.2. The molecule has 7 nitrogen and oxygen atoms in total. The average Bonchev–Trinajstić information content (AvgIpc) is 2.72. The maximum Gasteiger partial charge on any atom is 0.163 e. The summed E-state index contributed by atoms with van der Waals surface area (Å²) in [6.45, 7) is 3.89. The number of hydrogen-bond donors (Lipinski definition) is 2. The molecule has 2 aromatic carbocycles. The lowest BCUT2D eigenvalue weighted by Gasteiger charge is -2.24. The van der Waals surface area contributed by atoms with Crippen molar-refractivity contribution in [2.24, 2.45) is 0 Å². The van der Waals surface area contributed by atoms with Crippen molar-refractivity contribution in [3.05, 3.63) is 54.9 Å². The molecular formula is C20H21N5O2. The molecule has 138 valence electrons. The minimum Gasteiger partial charge on any atom is -0.486 e. The van der Waals surface area contributed by atoms with Crippen LogP contribution >= 0.6 is 0 Å². The fourth-order valence-corrected chi connectivity index (χ4v) is 3.02. The van der Waals surface area contributed by atoms with Gasteiger partial charge in [0.05, 0.1) is 0 Å². The van der Waals surface area contributed by atoms with Crippen molar-refractivity contribution in [1.82, 2.24) is 9.97 Å². The Balaban J connectivity index is 1.64. The normalized spacial score (nSPS) is 12.5. The second-order valence-corrected chi connectivity index (χ2v) is 6.02. The molecule has 0 spiro atoms. The van der Waals surface area contributed by atoms with Gasteiger partial charge >= 0.3 is 0 Å². The van der Waals surface area contributed by atoms with E-state index in [1.807, 2.05) is 53.4 Å². The minimum atomic E-state index is 0.484. The Morgan fingerprint density at radius 2 is 1.81 bits per heavy atom. The molecule has 0 unspecified atom stereocenters. The molecule has 1 aliphatic rings. The molecule has 0 saturated carbocycles. The van der Waals surface area contributed by atoms with Crippen LogP contribution in [0.25, 0.3) is 0 Å². The number of ether oxygens (including phenoxy) is 2. The lowest BCUT2D eigenvalue weighted by Crippen LogP contribution is -2.19. The Morgan fingerprint density at radius 1 is 1.04 bits per heavy atom. The van der Waals surface area contributed by atoms with E-state index in [-0.39, 0.29) is 0 Å². The largest absolute Gasteiger partial charge is 0.486 e. The van der Waals surface area contributed by atoms with Crippen LogP contribution in [0.15, 0.2) is 54.9 Å². The number of hydrogen-bond acceptors (Lipinski definition) is 7. The van der Waals surface area contributed by atoms with Gasteiger partial charge < -0.3 is 25.4 Å². The van der Waals surface area contributed by atoms with Crippen molar-refractivity contribution in [3.63, 3.8) is 0 Å². The fourth-order valence-electron chi connectivity index (χ4n) is 3.02. The van der Waals surface area contributed by atoms with Gasteiger partial charge in [-0.25, -0.2) is 9.97 Å². The van der Waals surface area contributed by atoms with Gasteiger partial charge in [0, 0.05) is 24.0 Å². The zero-order valence-electron chi connectivity index (χ0n) is 15.1. The fraction of sp³-hybridized carbons (Fsp3) is 0.200. The number of nitrogen functional groups attached to an aromatic ring is 1. The van der Waals surface area contributed by atoms with Crippen LogP contribution in [-0.4, -0.2) is 29.7 Å². The second-order valence-electron chi connectivity index (χ2n) is 6.02. The van der Waals surface area contributed by atoms with Crippen molar-refractivity contribution in [1.29, 1.82) is 0 Å². The van der Waals surface area contributed by atoms with Crippen LogP contribution in [0.2, 0.25) is 0 Å². The van der Waals surface area contributed by atoms with Gasteiger partial charge in [-0.15, -0.1) is 0 Å². The molecule has 0 radical (unpaired) electrons. The highest BCUT2D eigenvalue weighted by Gasteiger charge is 2.17. The van der Waals surface area contributed by atoms with E-state index in [2.05, 4.69) is 22.2 Å². The van der Waals surface area contributed by atoms with E-state index in [1.165, 1.54) is 6.33 Å². The van der Waals surface area contributed by atoms with Crippen LogP contribution in [-0.2, 0) is 0 Å². The average molecular weight is 363 g/mol. The highest BCUT2D eigenvalue weighted by atomic mass is 16.6. The van der Waals surface area contributed by atoms with E-state index in [0.717, 1.165) is 23.7 Å². The van der Waals surface area contributed by atoms with Crippen LogP contribution in [0.4, 0.5) is 28.7 Å².